The molecule has 1 aliphatic rings. The van der Waals surface area contributed by atoms with Crippen molar-refractivity contribution in [3.05, 3.63) is 47.7 Å². The van der Waals surface area contributed by atoms with Crippen LogP contribution in [0.1, 0.15) is 48.5 Å². The predicted octanol–water partition coefficient (Wildman–Crippen LogP) is 4.58. The van der Waals surface area contributed by atoms with Crippen molar-refractivity contribution >= 4 is 28.3 Å². The summed E-state index contributed by atoms with van der Waals surface area (Å²) in [5, 5.41) is 3.54. The lowest BCUT2D eigenvalue weighted by Gasteiger charge is -2.24. The van der Waals surface area contributed by atoms with Crippen LogP contribution in [0.25, 0.3) is 16.5 Å². The van der Waals surface area contributed by atoms with E-state index in [0.29, 0.717) is 17.5 Å². The van der Waals surface area contributed by atoms with Gasteiger partial charge in [-0.05, 0) is 37.8 Å². The monoisotopic (exact) mass is 433 g/mol. The summed E-state index contributed by atoms with van der Waals surface area (Å²) in [5.41, 5.74) is 2.68. The molecule has 0 aliphatic heterocycles. The number of halogens is 3. The Morgan fingerprint density at radius 3 is 2.65 bits per heavy atom. The quantitative estimate of drug-likeness (QED) is 0.751. The fraction of sp³-hybridized carbons (Fsp3) is 0.435. The molecule has 3 rings (SSSR count). The first kappa shape index (κ1) is 22.8. The topological polar surface area (TPSA) is 62.3 Å². The molecule has 1 unspecified atom stereocenters. The average molecular weight is 433 g/mol. The maximum Gasteiger partial charge on any atom is 0.392 e. The van der Waals surface area contributed by atoms with Crippen LogP contribution in [0.3, 0.4) is 0 Å². The minimum atomic E-state index is -4.17. The van der Waals surface area contributed by atoms with Crippen LogP contribution in [0.5, 0.6) is 0 Å². The molecule has 2 atom stereocenters. The largest absolute Gasteiger partial charge is 0.392 e. The standard InChI is InChI=1S/C23H26F3N3O2/c1-14(11-20(30)29(2)3)28-22(31)17-12-16-5-4-6-19(21(16)27-13-17)15-7-9-18(10-8-15)23(24,25)26/h4-7,12-14,18H,8-11H2,1-3H3,(H,28,31)/t14-,18?/m1/s1. The fourth-order valence-corrected chi connectivity index (χ4v) is 3.72. The third-order valence-electron chi connectivity index (χ3n) is 5.55. The highest BCUT2D eigenvalue weighted by atomic mass is 19.4. The number of fused-ring (bicyclic) bond motifs is 1. The molecule has 0 radical (unpaired) electrons. The number of benzene rings is 1. The lowest BCUT2D eigenvalue weighted by atomic mass is 9.85. The van der Waals surface area contributed by atoms with Crippen molar-refractivity contribution in [2.75, 3.05) is 14.1 Å². The molecule has 0 spiro atoms. The van der Waals surface area contributed by atoms with Crippen LogP contribution in [0.4, 0.5) is 13.2 Å². The number of carbonyl (C=O) groups excluding carboxylic acids is 2. The van der Waals surface area contributed by atoms with Crippen molar-refractivity contribution in [2.45, 2.75) is 44.8 Å². The van der Waals surface area contributed by atoms with Crippen molar-refractivity contribution in [3.8, 4) is 0 Å². The Bertz CT molecular complexity index is 1010. The molecule has 2 aromatic rings. The number of alkyl halides is 3. The Labute approximate surface area is 179 Å². The Kier molecular flexibility index (Phi) is 6.67. The van der Waals surface area contributed by atoms with Crippen molar-refractivity contribution in [2.24, 2.45) is 5.92 Å². The highest BCUT2D eigenvalue weighted by molar-refractivity contribution is 5.99. The Morgan fingerprint density at radius 2 is 2.03 bits per heavy atom. The van der Waals surface area contributed by atoms with Crippen molar-refractivity contribution in [1.29, 1.82) is 0 Å². The molecule has 1 aromatic heterocycles. The van der Waals surface area contributed by atoms with Crippen molar-refractivity contribution in [3.63, 3.8) is 0 Å². The minimum Gasteiger partial charge on any atom is -0.349 e. The number of amides is 2. The number of nitrogens with zero attached hydrogens (tertiary/aromatic N) is 2. The number of carbonyl (C=O) groups is 2. The molecule has 5 nitrogen and oxygen atoms in total. The third-order valence-corrected chi connectivity index (χ3v) is 5.55. The molecule has 0 saturated heterocycles. The zero-order valence-corrected chi connectivity index (χ0v) is 17.8. The third kappa shape index (κ3) is 5.42. The van der Waals surface area contributed by atoms with E-state index in [9.17, 15) is 22.8 Å². The second kappa shape index (κ2) is 9.08. The highest BCUT2D eigenvalue weighted by Crippen LogP contribution is 2.40. The number of hydrogen-bond donors (Lipinski definition) is 1. The van der Waals surface area contributed by atoms with Crippen LogP contribution in [0.2, 0.25) is 0 Å². The van der Waals surface area contributed by atoms with Gasteiger partial charge in [0.2, 0.25) is 5.91 Å². The molecule has 1 heterocycles. The molecular formula is C23H26F3N3O2. The van der Waals surface area contributed by atoms with Crippen molar-refractivity contribution < 1.29 is 22.8 Å². The van der Waals surface area contributed by atoms with E-state index in [4.69, 9.17) is 0 Å². The second-order valence-corrected chi connectivity index (χ2v) is 8.21. The van der Waals surface area contributed by atoms with E-state index in [2.05, 4.69) is 10.3 Å². The Hall–Kier alpha value is -2.90. The van der Waals surface area contributed by atoms with E-state index in [1.807, 2.05) is 18.2 Å². The SMILES string of the molecule is C[C@H](CC(=O)N(C)C)NC(=O)c1cnc2c(C3=CCC(C(F)(F)F)CC3)cccc2c1. The average Bonchev–Trinajstić information content (AvgIpc) is 2.72. The summed E-state index contributed by atoms with van der Waals surface area (Å²) in [6.45, 7) is 1.76. The van der Waals surface area contributed by atoms with Crippen LogP contribution in [0, 0.1) is 5.92 Å². The van der Waals surface area contributed by atoms with Gasteiger partial charge in [-0.3, -0.25) is 14.6 Å². The maximum absolute atomic E-state index is 12.9. The van der Waals surface area contributed by atoms with Gasteiger partial charge in [-0.2, -0.15) is 13.2 Å². The molecule has 1 aliphatic carbocycles. The Morgan fingerprint density at radius 1 is 1.29 bits per heavy atom. The molecule has 0 fully saturated rings. The first-order valence-electron chi connectivity index (χ1n) is 10.2. The van der Waals surface area contributed by atoms with E-state index >= 15 is 0 Å². The zero-order valence-electron chi connectivity index (χ0n) is 17.8. The normalized spacial score (nSPS) is 17.7. The van der Waals surface area contributed by atoms with Gasteiger partial charge < -0.3 is 10.2 Å². The van der Waals surface area contributed by atoms with Gasteiger partial charge in [0.05, 0.1) is 17.0 Å². The second-order valence-electron chi connectivity index (χ2n) is 8.21. The number of rotatable bonds is 5. The minimum absolute atomic E-state index is 0.0285. The van der Waals surface area contributed by atoms with Gasteiger partial charge in [-0.15, -0.1) is 0 Å². The lowest BCUT2D eigenvalue weighted by molar-refractivity contribution is -0.175. The van der Waals surface area contributed by atoms with Crippen LogP contribution in [0.15, 0.2) is 36.5 Å². The smallest absolute Gasteiger partial charge is 0.349 e. The first-order valence-corrected chi connectivity index (χ1v) is 10.2. The van der Waals surface area contributed by atoms with Gasteiger partial charge in [0.15, 0.2) is 0 Å². The lowest BCUT2D eigenvalue weighted by Crippen LogP contribution is -2.37. The van der Waals surface area contributed by atoms with Gasteiger partial charge in [0.25, 0.3) is 5.91 Å². The molecule has 2 amide bonds. The molecular weight excluding hydrogens is 407 g/mol. The number of para-hydroxylation sites is 1. The van der Waals surface area contributed by atoms with Crippen LogP contribution in [-0.4, -0.2) is 48.0 Å². The predicted molar refractivity (Wildman–Crippen MR) is 113 cm³/mol. The maximum atomic E-state index is 12.9. The van der Waals surface area contributed by atoms with Crippen molar-refractivity contribution in [1.82, 2.24) is 15.2 Å². The van der Waals surface area contributed by atoms with E-state index in [1.54, 1.807) is 33.2 Å². The molecule has 166 valence electrons. The molecule has 8 heteroatoms. The number of pyridine rings is 1. The van der Waals surface area contributed by atoms with Gasteiger partial charge in [-0.25, -0.2) is 0 Å². The van der Waals surface area contributed by atoms with E-state index in [-0.39, 0.29) is 37.1 Å². The summed E-state index contributed by atoms with van der Waals surface area (Å²) >= 11 is 0. The van der Waals surface area contributed by atoms with Gasteiger partial charge >= 0.3 is 6.18 Å². The summed E-state index contributed by atoms with van der Waals surface area (Å²) < 4.78 is 38.8. The van der Waals surface area contributed by atoms with Crippen LogP contribution in [-0.2, 0) is 4.79 Å². The summed E-state index contributed by atoms with van der Waals surface area (Å²) in [4.78, 5) is 30.3. The fourth-order valence-electron chi connectivity index (χ4n) is 3.72. The molecule has 0 bridgehead atoms. The number of aromatic nitrogens is 1. The summed E-state index contributed by atoms with van der Waals surface area (Å²) in [6.07, 6.45) is -0.488. The number of hydrogen-bond acceptors (Lipinski definition) is 3. The van der Waals surface area contributed by atoms with Gasteiger partial charge in [-0.1, -0.05) is 24.3 Å². The first-order chi connectivity index (χ1) is 14.6. The van der Waals surface area contributed by atoms with E-state index < -0.39 is 12.1 Å². The number of nitrogens with one attached hydrogen (secondary N) is 1. The van der Waals surface area contributed by atoms with Gasteiger partial charge in [0, 0.05) is 43.7 Å². The van der Waals surface area contributed by atoms with E-state index in [1.165, 1.54) is 11.1 Å². The molecule has 0 saturated carbocycles. The molecule has 31 heavy (non-hydrogen) atoms. The molecule has 1 N–H and O–H groups in total. The van der Waals surface area contributed by atoms with Crippen LogP contribution < -0.4 is 5.32 Å². The summed E-state index contributed by atoms with van der Waals surface area (Å²) in [7, 11) is 3.32. The van der Waals surface area contributed by atoms with Gasteiger partial charge in [0.1, 0.15) is 0 Å². The van der Waals surface area contributed by atoms with Crippen LogP contribution >= 0.6 is 0 Å². The summed E-state index contributed by atoms with van der Waals surface area (Å²) in [5.74, 6) is -1.71. The zero-order chi connectivity index (χ0) is 22.8. The molecule has 1 aromatic carbocycles. The Balaban J connectivity index is 1.78. The summed E-state index contributed by atoms with van der Waals surface area (Å²) in [6, 6.07) is 6.87. The number of allylic oxidation sites excluding steroid dienone is 2. The highest BCUT2D eigenvalue weighted by Gasteiger charge is 2.39. The van der Waals surface area contributed by atoms with E-state index in [0.717, 1.165) is 16.5 Å².